The van der Waals surface area contributed by atoms with Crippen molar-refractivity contribution >= 4 is 17.6 Å². The minimum Gasteiger partial charge on any atom is -0.478 e. The summed E-state index contributed by atoms with van der Waals surface area (Å²) in [5.41, 5.74) is 3.70. The molecule has 0 unspecified atom stereocenters. The van der Waals surface area contributed by atoms with Crippen molar-refractivity contribution in [1.29, 1.82) is 0 Å². The van der Waals surface area contributed by atoms with Crippen molar-refractivity contribution in [2.45, 2.75) is 26.3 Å². The summed E-state index contributed by atoms with van der Waals surface area (Å²) in [6.45, 7) is 4.11. The van der Waals surface area contributed by atoms with Crippen molar-refractivity contribution in [3.05, 3.63) is 64.7 Å². The largest absolute Gasteiger partial charge is 0.478 e. The maximum absolute atomic E-state index is 12.6. The number of hydrogen-bond donors (Lipinski definition) is 2. The van der Waals surface area contributed by atoms with Crippen LogP contribution in [0, 0.1) is 6.92 Å². The third kappa shape index (κ3) is 3.82. The van der Waals surface area contributed by atoms with E-state index in [4.69, 9.17) is 5.11 Å². The number of benzene rings is 2. The molecule has 1 amide bonds. The van der Waals surface area contributed by atoms with Gasteiger partial charge in [0, 0.05) is 30.9 Å². The minimum atomic E-state index is -0.934. The molecule has 5 heteroatoms. The van der Waals surface area contributed by atoms with Gasteiger partial charge >= 0.3 is 5.97 Å². The van der Waals surface area contributed by atoms with Crippen molar-refractivity contribution in [3.8, 4) is 0 Å². The number of carboxylic acid groups (broad SMARTS) is 1. The lowest BCUT2D eigenvalue weighted by Gasteiger charge is -2.18. The summed E-state index contributed by atoms with van der Waals surface area (Å²) in [4.78, 5) is 25.6. The highest BCUT2D eigenvalue weighted by Crippen LogP contribution is 2.23. The van der Waals surface area contributed by atoms with Crippen molar-refractivity contribution < 1.29 is 14.7 Å². The zero-order chi connectivity index (χ0) is 17.8. The third-order valence-corrected chi connectivity index (χ3v) is 4.61. The Balaban J connectivity index is 1.75. The van der Waals surface area contributed by atoms with Crippen LogP contribution < -0.4 is 5.32 Å². The fourth-order valence-corrected chi connectivity index (χ4v) is 3.16. The third-order valence-electron chi connectivity index (χ3n) is 4.61. The van der Waals surface area contributed by atoms with Crippen LogP contribution in [0.25, 0.3) is 0 Å². The molecule has 0 aliphatic carbocycles. The Morgan fingerprint density at radius 1 is 1.12 bits per heavy atom. The van der Waals surface area contributed by atoms with Gasteiger partial charge in [-0.1, -0.05) is 18.2 Å². The molecule has 1 saturated heterocycles. The topological polar surface area (TPSA) is 69.6 Å². The number of aromatic carboxylic acids is 1. The van der Waals surface area contributed by atoms with Crippen molar-refractivity contribution in [2.75, 3.05) is 18.4 Å². The van der Waals surface area contributed by atoms with E-state index in [9.17, 15) is 9.59 Å². The molecule has 25 heavy (non-hydrogen) atoms. The van der Waals surface area contributed by atoms with Crippen LogP contribution in [0.4, 0.5) is 5.69 Å². The van der Waals surface area contributed by atoms with Crippen LogP contribution in [0.3, 0.4) is 0 Å². The summed E-state index contributed by atoms with van der Waals surface area (Å²) in [5.74, 6) is -0.845. The monoisotopic (exact) mass is 338 g/mol. The molecule has 0 bridgehead atoms. The first-order chi connectivity index (χ1) is 12.1. The summed E-state index contributed by atoms with van der Waals surface area (Å²) in [6.07, 6.45) is 2.14. The van der Waals surface area contributed by atoms with Crippen LogP contribution in [0.1, 0.15) is 44.7 Å². The average molecular weight is 338 g/mol. The molecule has 0 atom stereocenters. The van der Waals surface area contributed by atoms with E-state index < -0.39 is 5.97 Å². The molecule has 1 aliphatic rings. The second-order valence-electron chi connectivity index (χ2n) is 6.34. The predicted molar refractivity (Wildman–Crippen MR) is 97.0 cm³/mol. The quantitative estimate of drug-likeness (QED) is 0.875. The summed E-state index contributed by atoms with van der Waals surface area (Å²) < 4.78 is 0. The summed E-state index contributed by atoms with van der Waals surface area (Å²) in [6, 6.07) is 12.5. The second-order valence-corrected chi connectivity index (χ2v) is 6.34. The Kier molecular flexibility index (Phi) is 5.03. The molecular formula is C20H22N2O3. The molecule has 1 heterocycles. The van der Waals surface area contributed by atoms with Crippen LogP contribution in [-0.4, -0.2) is 35.0 Å². The van der Waals surface area contributed by atoms with Crippen LogP contribution in [-0.2, 0) is 6.54 Å². The number of anilines is 1. The van der Waals surface area contributed by atoms with E-state index in [2.05, 4.69) is 5.32 Å². The molecule has 0 saturated carbocycles. The summed E-state index contributed by atoms with van der Waals surface area (Å²) >= 11 is 0. The molecule has 2 aromatic rings. The maximum Gasteiger partial charge on any atom is 0.335 e. The van der Waals surface area contributed by atoms with Gasteiger partial charge in [0.2, 0.25) is 0 Å². The van der Waals surface area contributed by atoms with E-state index in [-0.39, 0.29) is 11.5 Å². The Bertz CT molecular complexity index is 795. The number of carbonyl (C=O) groups is 2. The van der Waals surface area contributed by atoms with Gasteiger partial charge < -0.3 is 15.3 Å². The number of nitrogens with zero attached hydrogens (tertiary/aromatic N) is 1. The molecule has 5 nitrogen and oxygen atoms in total. The fraction of sp³-hybridized carbons (Fsp3) is 0.300. The Morgan fingerprint density at radius 3 is 2.56 bits per heavy atom. The molecule has 1 aliphatic heterocycles. The standard InChI is InChI=1S/C20H22N2O3/c1-14-17(19(23)22-10-2-3-11-22)8-5-9-18(14)21-13-15-6-4-7-16(12-15)20(24)25/h4-9,12,21H,2-3,10-11,13H2,1H3,(H,24,25). The zero-order valence-corrected chi connectivity index (χ0v) is 14.3. The number of rotatable bonds is 5. The number of likely N-dealkylation sites (tertiary alicyclic amines) is 1. The van der Waals surface area contributed by atoms with Gasteiger partial charge in [0.05, 0.1) is 5.56 Å². The van der Waals surface area contributed by atoms with E-state index in [1.807, 2.05) is 36.1 Å². The van der Waals surface area contributed by atoms with Gasteiger partial charge in [-0.05, 0) is 55.2 Å². The number of nitrogens with one attached hydrogen (secondary N) is 1. The zero-order valence-electron chi connectivity index (χ0n) is 14.3. The van der Waals surface area contributed by atoms with Gasteiger partial charge in [-0.25, -0.2) is 4.79 Å². The number of amides is 1. The normalized spacial score (nSPS) is 13.7. The van der Waals surface area contributed by atoms with Gasteiger partial charge in [-0.15, -0.1) is 0 Å². The van der Waals surface area contributed by atoms with Gasteiger partial charge in [0.25, 0.3) is 5.91 Å². The lowest BCUT2D eigenvalue weighted by atomic mass is 10.0. The highest BCUT2D eigenvalue weighted by Gasteiger charge is 2.21. The van der Waals surface area contributed by atoms with Crippen LogP contribution in [0.5, 0.6) is 0 Å². The van der Waals surface area contributed by atoms with Gasteiger partial charge in [-0.3, -0.25) is 4.79 Å². The number of carboxylic acids is 1. The SMILES string of the molecule is Cc1c(NCc2cccc(C(=O)O)c2)cccc1C(=O)N1CCCC1. The molecule has 3 rings (SSSR count). The molecule has 0 radical (unpaired) electrons. The summed E-state index contributed by atoms with van der Waals surface area (Å²) in [5, 5.41) is 12.4. The van der Waals surface area contributed by atoms with Crippen molar-refractivity contribution in [3.63, 3.8) is 0 Å². The van der Waals surface area contributed by atoms with Crippen LogP contribution in [0.2, 0.25) is 0 Å². The molecular weight excluding hydrogens is 316 g/mol. The van der Waals surface area contributed by atoms with Gasteiger partial charge in [0.1, 0.15) is 0 Å². The second kappa shape index (κ2) is 7.38. The summed E-state index contributed by atoms with van der Waals surface area (Å²) in [7, 11) is 0. The van der Waals surface area contributed by atoms with Crippen molar-refractivity contribution in [1.82, 2.24) is 4.90 Å². The Hall–Kier alpha value is -2.82. The first-order valence-electron chi connectivity index (χ1n) is 8.51. The van der Waals surface area contributed by atoms with Gasteiger partial charge in [0.15, 0.2) is 0 Å². The minimum absolute atomic E-state index is 0.0894. The van der Waals surface area contributed by atoms with Crippen molar-refractivity contribution in [2.24, 2.45) is 0 Å². The number of hydrogen-bond acceptors (Lipinski definition) is 3. The highest BCUT2D eigenvalue weighted by atomic mass is 16.4. The van der Waals surface area contributed by atoms with E-state index in [1.54, 1.807) is 18.2 Å². The first-order valence-corrected chi connectivity index (χ1v) is 8.51. The molecule has 0 aromatic heterocycles. The van der Waals surface area contributed by atoms with E-state index in [1.165, 1.54) is 0 Å². The Labute approximate surface area is 147 Å². The van der Waals surface area contributed by atoms with E-state index in [0.29, 0.717) is 6.54 Å². The van der Waals surface area contributed by atoms with Crippen LogP contribution in [0.15, 0.2) is 42.5 Å². The lowest BCUT2D eigenvalue weighted by molar-refractivity contribution is 0.0696. The number of carbonyl (C=O) groups excluding carboxylic acids is 1. The molecule has 130 valence electrons. The van der Waals surface area contributed by atoms with Crippen LogP contribution >= 0.6 is 0 Å². The lowest BCUT2D eigenvalue weighted by Crippen LogP contribution is -2.28. The highest BCUT2D eigenvalue weighted by molar-refractivity contribution is 5.97. The molecule has 0 spiro atoms. The Morgan fingerprint density at radius 2 is 1.84 bits per heavy atom. The molecule has 2 aromatic carbocycles. The molecule has 2 N–H and O–H groups in total. The average Bonchev–Trinajstić information content (AvgIpc) is 3.15. The maximum atomic E-state index is 12.6. The molecule has 1 fully saturated rings. The van der Waals surface area contributed by atoms with E-state index >= 15 is 0 Å². The fourth-order valence-electron chi connectivity index (χ4n) is 3.16. The smallest absolute Gasteiger partial charge is 0.335 e. The van der Waals surface area contributed by atoms with E-state index in [0.717, 1.165) is 48.3 Å². The predicted octanol–water partition coefficient (Wildman–Crippen LogP) is 3.54. The first kappa shape index (κ1) is 17.0. The van der Waals surface area contributed by atoms with Gasteiger partial charge in [-0.2, -0.15) is 0 Å².